The number of halogens is 1. The quantitative estimate of drug-likeness (QED) is 0.726. The fourth-order valence-electron chi connectivity index (χ4n) is 1.29. The number of carboxylic acids is 1. The summed E-state index contributed by atoms with van der Waals surface area (Å²) in [5.41, 5.74) is 1.25. The van der Waals surface area contributed by atoms with Gasteiger partial charge < -0.3 is 10.1 Å². The Bertz CT molecular complexity index is 519. The molecule has 1 aromatic carbocycles. The number of nitrogens with zero attached hydrogens (tertiary/aromatic N) is 1. The van der Waals surface area contributed by atoms with Gasteiger partial charge in [-0.3, -0.25) is 0 Å². The van der Waals surface area contributed by atoms with Crippen LogP contribution in [0, 0.1) is 12.7 Å². The molecule has 5 heteroatoms. The van der Waals surface area contributed by atoms with Gasteiger partial charge >= 0.3 is 5.97 Å². The van der Waals surface area contributed by atoms with Crippen LogP contribution in [0.4, 0.5) is 4.39 Å². The van der Waals surface area contributed by atoms with Crippen molar-refractivity contribution in [1.29, 1.82) is 0 Å². The predicted molar refractivity (Wildman–Crippen MR) is 47.7 cm³/mol. The number of hydrogen-bond donors (Lipinski definition) is 2. The van der Waals surface area contributed by atoms with Crippen molar-refractivity contribution >= 4 is 17.0 Å². The summed E-state index contributed by atoms with van der Waals surface area (Å²) in [6, 6.07) is 2.75. The number of aromatic carboxylic acids is 1. The van der Waals surface area contributed by atoms with Gasteiger partial charge in [0, 0.05) is 5.56 Å². The molecule has 0 fully saturated rings. The minimum atomic E-state index is -1.15. The Kier molecular flexibility index (Phi) is 1.73. The third-order valence-corrected chi connectivity index (χ3v) is 2.04. The zero-order valence-corrected chi connectivity index (χ0v) is 7.34. The number of carboxylic acid groups (broad SMARTS) is 1. The summed E-state index contributed by atoms with van der Waals surface area (Å²) in [6.45, 7) is 1.56. The van der Waals surface area contributed by atoms with Crippen LogP contribution in [-0.4, -0.2) is 21.0 Å². The van der Waals surface area contributed by atoms with Crippen molar-refractivity contribution in [2.24, 2.45) is 0 Å². The highest BCUT2D eigenvalue weighted by atomic mass is 19.1. The second kappa shape index (κ2) is 2.80. The molecule has 0 saturated carbocycles. The Morgan fingerprint density at radius 2 is 2.29 bits per heavy atom. The van der Waals surface area contributed by atoms with Crippen LogP contribution in [0.5, 0.6) is 0 Å². The molecular weight excluding hydrogens is 187 g/mol. The average molecular weight is 194 g/mol. The van der Waals surface area contributed by atoms with E-state index in [1.807, 2.05) is 0 Å². The summed E-state index contributed by atoms with van der Waals surface area (Å²) >= 11 is 0. The highest BCUT2D eigenvalue weighted by Crippen LogP contribution is 2.18. The maximum absolute atomic E-state index is 13.1. The monoisotopic (exact) mass is 194 g/mol. The highest BCUT2D eigenvalue weighted by Gasteiger charge is 2.12. The van der Waals surface area contributed by atoms with Crippen LogP contribution < -0.4 is 0 Å². The van der Waals surface area contributed by atoms with E-state index in [0.717, 1.165) is 0 Å². The molecule has 1 heterocycles. The van der Waals surface area contributed by atoms with Gasteiger partial charge in [-0.25, -0.2) is 14.2 Å². The summed E-state index contributed by atoms with van der Waals surface area (Å²) in [6.07, 6.45) is 0. The fourth-order valence-corrected chi connectivity index (χ4v) is 1.29. The number of hydrogen-bond acceptors (Lipinski definition) is 2. The summed E-state index contributed by atoms with van der Waals surface area (Å²) in [7, 11) is 0. The zero-order chi connectivity index (χ0) is 10.3. The Hall–Kier alpha value is -1.91. The van der Waals surface area contributed by atoms with Crippen molar-refractivity contribution in [2.75, 3.05) is 0 Å². The highest BCUT2D eigenvalue weighted by molar-refractivity contribution is 5.89. The van der Waals surface area contributed by atoms with Crippen molar-refractivity contribution in [3.63, 3.8) is 0 Å². The molecule has 0 atom stereocenters. The van der Waals surface area contributed by atoms with Gasteiger partial charge in [-0.2, -0.15) is 0 Å². The molecule has 0 unspecified atom stereocenters. The maximum Gasteiger partial charge on any atom is 0.371 e. The molecule has 0 aliphatic carbocycles. The van der Waals surface area contributed by atoms with Gasteiger partial charge in [-0.15, -0.1) is 0 Å². The van der Waals surface area contributed by atoms with Crippen molar-refractivity contribution in [3.8, 4) is 0 Å². The lowest BCUT2D eigenvalue weighted by Crippen LogP contribution is -1.97. The first kappa shape index (κ1) is 8.68. The number of fused-ring (bicyclic) bond motifs is 1. The molecule has 0 aliphatic rings. The molecule has 0 amide bonds. The molecule has 14 heavy (non-hydrogen) atoms. The van der Waals surface area contributed by atoms with Crippen LogP contribution in [0.2, 0.25) is 0 Å². The second-order valence-corrected chi connectivity index (χ2v) is 2.96. The molecule has 0 bridgehead atoms. The minimum absolute atomic E-state index is 0.172. The van der Waals surface area contributed by atoms with E-state index in [-0.39, 0.29) is 11.6 Å². The number of aromatic nitrogens is 2. The van der Waals surface area contributed by atoms with Gasteiger partial charge in [0.1, 0.15) is 5.82 Å². The molecule has 0 aliphatic heterocycles. The first-order chi connectivity index (χ1) is 6.59. The molecule has 4 nitrogen and oxygen atoms in total. The number of H-pyrrole nitrogens is 1. The third-order valence-electron chi connectivity index (χ3n) is 2.04. The lowest BCUT2D eigenvalue weighted by molar-refractivity contribution is 0.0685. The first-order valence-corrected chi connectivity index (χ1v) is 3.97. The average Bonchev–Trinajstić information content (AvgIpc) is 2.56. The van der Waals surface area contributed by atoms with Crippen molar-refractivity contribution in [2.45, 2.75) is 6.92 Å². The predicted octanol–water partition coefficient (Wildman–Crippen LogP) is 1.71. The molecule has 0 saturated heterocycles. The molecular formula is C9H7FN2O2. The van der Waals surface area contributed by atoms with E-state index in [4.69, 9.17) is 5.11 Å². The van der Waals surface area contributed by atoms with E-state index in [2.05, 4.69) is 9.97 Å². The van der Waals surface area contributed by atoms with Crippen molar-refractivity contribution < 1.29 is 14.3 Å². The number of aromatic amines is 1. The normalized spacial score (nSPS) is 10.7. The van der Waals surface area contributed by atoms with Crippen LogP contribution in [-0.2, 0) is 0 Å². The van der Waals surface area contributed by atoms with Crippen LogP contribution in [0.15, 0.2) is 12.1 Å². The van der Waals surface area contributed by atoms with Gasteiger partial charge in [0.25, 0.3) is 0 Å². The number of imidazole rings is 1. The number of rotatable bonds is 1. The lowest BCUT2D eigenvalue weighted by Gasteiger charge is -1.94. The van der Waals surface area contributed by atoms with Gasteiger partial charge in [0.15, 0.2) is 0 Å². The van der Waals surface area contributed by atoms with E-state index in [1.165, 1.54) is 12.1 Å². The van der Waals surface area contributed by atoms with Gasteiger partial charge in [0.2, 0.25) is 5.82 Å². The molecule has 1 aromatic heterocycles. The molecule has 2 aromatic rings. The molecule has 2 N–H and O–H groups in total. The Morgan fingerprint density at radius 3 is 2.93 bits per heavy atom. The minimum Gasteiger partial charge on any atom is -0.475 e. The maximum atomic E-state index is 13.1. The molecule has 72 valence electrons. The van der Waals surface area contributed by atoms with E-state index in [0.29, 0.717) is 16.6 Å². The largest absolute Gasteiger partial charge is 0.475 e. The van der Waals surface area contributed by atoms with E-state index in [1.54, 1.807) is 6.92 Å². The number of benzene rings is 1. The number of carbonyl (C=O) groups is 1. The molecule has 0 spiro atoms. The smallest absolute Gasteiger partial charge is 0.371 e. The Morgan fingerprint density at radius 1 is 1.57 bits per heavy atom. The fraction of sp³-hybridized carbons (Fsp3) is 0.111. The summed E-state index contributed by atoms with van der Waals surface area (Å²) in [5.74, 6) is -1.71. The van der Waals surface area contributed by atoms with Gasteiger partial charge in [-0.1, -0.05) is 0 Å². The summed E-state index contributed by atoms with van der Waals surface area (Å²) in [5, 5.41) is 8.66. The SMILES string of the molecule is Cc1c(F)ccc2[nH]c(C(=O)O)nc12. The van der Waals surface area contributed by atoms with Gasteiger partial charge in [-0.05, 0) is 19.1 Å². The second-order valence-electron chi connectivity index (χ2n) is 2.96. The van der Waals surface area contributed by atoms with Gasteiger partial charge in [0.05, 0.1) is 11.0 Å². The van der Waals surface area contributed by atoms with E-state index in [9.17, 15) is 9.18 Å². The lowest BCUT2D eigenvalue weighted by atomic mass is 10.2. The summed E-state index contributed by atoms with van der Waals surface area (Å²) in [4.78, 5) is 16.9. The standard InChI is InChI=1S/C9H7FN2O2/c1-4-5(10)2-3-6-7(4)12-8(11-6)9(13)14/h2-3H,1H3,(H,11,12)(H,13,14). The summed E-state index contributed by atoms with van der Waals surface area (Å²) < 4.78 is 13.1. The molecule has 2 rings (SSSR count). The number of aryl methyl sites for hydroxylation is 1. The Labute approximate surface area is 78.4 Å². The first-order valence-electron chi connectivity index (χ1n) is 3.97. The third kappa shape index (κ3) is 1.14. The molecule has 0 radical (unpaired) electrons. The van der Waals surface area contributed by atoms with E-state index >= 15 is 0 Å². The van der Waals surface area contributed by atoms with Crippen LogP contribution >= 0.6 is 0 Å². The van der Waals surface area contributed by atoms with E-state index < -0.39 is 5.97 Å². The van der Waals surface area contributed by atoms with Crippen LogP contribution in [0.1, 0.15) is 16.2 Å². The topological polar surface area (TPSA) is 66.0 Å². The Balaban J connectivity index is 2.77. The van der Waals surface area contributed by atoms with Crippen LogP contribution in [0.25, 0.3) is 11.0 Å². The van der Waals surface area contributed by atoms with Crippen LogP contribution in [0.3, 0.4) is 0 Å². The zero-order valence-electron chi connectivity index (χ0n) is 7.34. The number of nitrogens with one attached hydrogen (secondary N) is 1. The van der Waals surface area contributed by atoms with Crippen molar-refractivity contribution in [3.05, 3.63) is 29.3 Å². The van der Waals surface area contributed by atoms with Crippen molar-refractivity contribution in [1.82, 2.24) is 9.97 Å².